The quantitative estimate of drug-likeness (QED) is 0.742. The van der Waals surface area contributed by atoms with Gasteiger partial charge in [0, 0.05) is 32.6 Å². The fraction of sp³-hybridized carbons (Fsp3) is 0.500. The normalized spacial score (nSPS) is 16.4. The molecule has 0 bridgehead atoms. The SMILES string of the molecule is CC(C)N(c1csc2ccc(Cl)cc2c1=O)C1CCCCC1. The van der Waals surface area contributed by atoms with E-state index in [9.17, 15) is 4.79 Å². The van der Waals surface area contributed by atoms with Crippen LogP contribution in [0.2, 0.25) is 5.02 Å². The van der Waals surface area contributed by atoms with Crippen LogP contribution in [0.1, 0.15) is 46.0 Å². The Hall–Kier alpha value is -1.06. The van der Waals surface area contributed by atoms with Gasteiger partial charge in [-0.1, -0.05) is 30.9 Å². The molecule has 2 nitrogen and oxygen atoms in total. The van der Waals surface area contributed by atoms with E-state index in [4.69, 9.17) is 11.6 Å². The Morgan fingerprint density at radius 1 is 1.23 bits per heavy atom. The third kappa shape index (κ3) is 3.02. The second-order valence-electron chi connectivity index (χ2n) is 6.38. The van der Waals surface area contributed by atoms with E-state index < -0.39 is 0 Å². The monoisotopic (exact) mass is 335 g/mol. The molecular weight excluding hydrogens is 314 g/mol. The zero-order valence-electron chi connectivity index (χ0n) is 13.1. The van der Waals surface area contributed by atoms with Crippen molar-refractivity contribution in [2.45, 2.75) is 58.0 Å². The maximum atomic E-state index is 13.0. The molecule has 0 radical (unpaired) electrons. The van der Waals surface area contributed by atoms with Gasteiger partial charge in [-0.25, -0.2) is 0 Å². The van der Waals surface area contributed by atoms with Gasteiger partial charge in [0.15, 0.2) is 0 Å². The second-order valence-corrected chi connectivity index (χ2v) is 7.73. The lowest BCUT2D eigenvalue weighted by atomic mass is 9.93. The molecule has 22 heavy (non-hydrogen) atoms. The average molecular weight is 336 g/mol. The van der Waals surface area contributed by atoms with Crippen LogP contribution < -0.4 is 10.3 Å². The van der Waals surface area contributed by atoms with Crippen molar-refractivity contribution in [3.63, 3.8) is 0 Å². The first-order valence-corrected chi connectivity index (χ1v) is 9.33. The zero-order valence-corrected chi connectivity index (χ0v) is 14.7. The molecule has 2 aromatic rings. The summed E-state index contributed by atoms with van der Waals surface area (Å²) in [7, 11) is 0. The molecular formula is C18H22ClNOS. The Kier molecular flexibility index (Phi) is 4.74. The highest BCUT2D eigenvalue weighted by Gasteiger charge is 2.25. The van der Waals surface area contributed by atoms with Gasteiger partial charge >= 0.3 is 0 Å². The summed E-state index contributed by atoms with van der Waals surface area (Å²) in [6, 6.07) is 6.41. The van der Waals surface area contributed by atoms with Crippen molar-refractivity contribution in [1.82, 2.24) is 0 Å². The number of nitrogens with zero attached hydrogens (tertiary/aromatic N) is 1. The van der Waals surface area contributed by atoms with Gasteiger partial charge in [-0.2, -0.15) is 0 Å². The Labute approximate surface area is 140 Å². The summed E-state index contributed by atoms with van der Waals surface area (Å²) >= 11 is 7.72. The summed E-state index contributed by atoms with van der Waals surface area (Å²) in [5, 5.41) is 3.41. The van der Waals surface area contributed by atoms with E-state index in [0.717, 1.165) is 15.8 Å². The summed E-state index contributed by atoms with van der Waals surface area (Å²) in [6.07, 6.45) is 6.24. The summed E-state index contributed by atoms with van der Waals surface area (Å²) < 4.78 is 1.01. The molecule has 1 aromatic heterocycles. The largest absolute Gasteiger partial charge is 0.362 e. The Morgan fingerprint density at radius 2 is 1.95 bits per heavy atom. The van der Waals surface area contributed by atoms with Gasteiger partial charge in [-0.05, 0) is 44.9 Å². The van der Waals surface area contributed by atoms with Crippen molar-refractivity contribution < 1.29 is 0 Å². The second kappa shape index (κ2) is 6.59. The first-order valence-electron chi connectivity index (χ1n) is 8.07. The molecule has 1 aliphatic carbocycles. The van der Waals surface area contributed by atoms with Crippen LogP contribution in [0.3, 0.4) is 0 Å². The highest BCUT2D eigenvalue weighted by molar-refractivity contribution is 7.16. The third-order valence-corrected chi connectivity index (χ3v) is 5.71. The Morgan fingerprint density at radius 3 is 2.64 bits per heavy atom. The van der Waals surface area contributed by atoms with Crippen molar-refractivity contribution in [3.8, 4) is 0 Å². The van der Waals surface area contributed by atoms with E-state index >= 15 is 0 Å². The first-order chi connectivity index (χ1) is 10.6. The van der Waals surface area contributed by atoms with Gasteiger partial charge in [-0.3, -0.25) is 4.79 Å². The number of halogens is 1. The lowest BCUT2D eigenvalue weighted by Crippen LogP contribution is -2.43. The summed E-state index contributed by atoms with van der Waals surface area (Å²) in [4.78, 5) is 15.3. The van der Waals surface area contributed by atoms with Crippen LogP contribution in [0.25, 0.3) is 10.1 Å². The first kappa shape index (κ1) is 15.8. The minimum absolute atomic E-state index is 0.121. The summed E-state index contributed by atoms with van der Waals surface area (Å²) in [5.41, 5.74) is 0.970. The van der Waals surface area contributed by atoms with E-state index in [1.54, 1.807) is 17.4 Å². The van der Waals surface area contributed by atoms with Crippen LogP contribution >= 0.6 is 22.9 Å². The van der Waals surface area contributed by atoms with Gasteiger partial charge in [0.25, 0.3) is 0 Å². The van der Waals surface area contributed by atoms with Crippen molar-refractivity contribution in [2.24, 2.45) is 0 Å². The molecule has 1 aromatic carbocycles. The lowest BCUT2D eigenvalue weighted by Gasteiger charge is -2.38. The molecule has 0 aliphatic heterocycles. The van der Waals surface area contributed by atoms with Crippen molar-refractivity contribution in [3.05, 3.63) is 38.8 Å². The molecule has 0 spiro atoms. The lowest BCUT2D eigenvalue weighted by molar-refractivity contribution is 0.398. The molecule has 0 amide bonds. The molecule has 0 atom stereocenters. The van der Waals surface area contributed by atoms with Gasteiger partial charge in [0.2, 0.25) is 5.43 Å². The molecule has 1 heterocycles. The van der Waals surface area contributed by atoms with Gasteiger partial charge in [0.05, 0.1) is 5.69 Å². The number of rotatable bonds is 3. The van der Waals surface area contributed by atoms with E-state index in [2.05, 4.69) is 18.7 Å². The maximum absolute atomic E-state index is 13.0. The maximum Gasteiger partial charge on any atom is 0.211 e. The number of hydrogen-bond acceptors (Lipinski definition) is 3. The average Bonchev–Trinajstić information content (AvgIpc) is 2.51. The van der Waals surface area contributed by atoms with Crippen molar-refractivity contribution in [2.75, 3.05) is 4.90 Å². The predicted octanol–water partition coefficient (Wildman–Crippen LogP) is 5.46. The van der Waals surface area contributed by atoms with E-state index in [0.29, 0.717) is 17.1 Å². The molecule has 1 saturated carbocycles. The van der Waals surface area contributed by atoms with Crippen LogP contribution in [0, 0.1) is 0 Å². The fourth-order valence-electron chi connectivity index (χ4n) is 3.53. The minimum Gasteiger partial charge on any atom is -0.362 e. The number of benzene rings is 1. The molecule has 3 rings (SSSR count). The number of anilines is 1. The molecule has 0 unspecified atom stereocenters. The van der Waals surface area contributed by atoms with Gasteiger partial charge < -0.3 is 4.90 Å². The smallest absolute Gasteiger partial charge is 0.211 e. The minimum atomic E-state index is 0.121. The molecule has 4 heteroatoms. The van der Waals surface area contributed by atoms with Crippen LogP contribution in [-0.2, 0) is 0 Å². The molecule has 118 valence electrons. The predicted molar refractivity (Wildman–Crippen MR) is 97.6 cm³/mol. The van der Waals surface area contributed by atoms with Crippen LogP contribution in [-0.4, -0.2) is 12.1 Å². The number of fused-ring (bicyclic) bond motifs is 1. The molecule has 1 fully saturated rings. The summed E-state index contributed by atoms with van der Waals surface area (Å²) in [6.45, 7) is 4.36. The van der Waals surface area contributed by atoms with Crippen molar-refractivity contribution in [1.29, 1.82) is 0 Å². The zero-order chi connectivity index (χ0) is 15.7. The van der Waals surface area contributed by atoms with Crippen LogP contribution in [0.4, 0.5) is 5.69 Å². The topological polar surface area (TPSA) is 20.3 Å². The summed E-state index contributed by atoms with van der Waals surface area (Å²) in [5.74, 6) is 0. The fourth-order valence-corrected chi connectivity index (χ4v) is 4.59. The highest BCUT2D eigenvalue weighted by Crippen LogP contribution is 2.30. The Bertz CT molecular complexity index is 719. The number of hydrogen-bond donors (Lipinski definition) is 0. The van der Waals surface area contributed by atoms with Crippen molar-refractivity contribution >= 4 is 38.7 Å². The van der Waals surface area contributed by atoms with Gasteiger partial charge in [-0.15, -0.1) is 11.3 Å². The molecule has 1 aliphatic rings. The highest BCUT2D eigenvalue weighted by atomic mass is 35.5. The molecule has 0 saturated heterocycles. The van der Waals surface area contributed by atoms with E-state index in [-0.39, 0.29) is 5.43 Å². The van der Waals surface area contributed by atoms with Crippen LogP contribution in [0.15, 0.2) is 28.4 Å². The third-order valence-electron chi connectivity index (χ3n) is 4.52. The van der Waals surface area contributed by atoms with E-state index in [1.165, 1.54) is 32.1 Å². The van der Waals surface area contributed by atoms with Crippen LogP contribution in [0.5, 0.6) is 0 Å². The molecule has 0 N–H and O–H groups in total. The standard InChI is InChI=1S/C18H22ClNOS/c1-12(2)20(14-6-4-3-5-7-14)16-11-22-17-9-8-13(19)10-15(17)18(16)21/h8-12,14H,3-7H2,1-2H3. The Balaban J connectivity index is 2.09. The van der Waals surface area contributed by atoms with Gasteiger partial charge in [0.1, 0.15) is 0 Å². The van der Waals surface area contributed by atoms with E-state index in [1.807, 2.05) is 17.5 Å².